The lowest BCUT2D eigenvalue weighted by atomic mass is 10.2. The van der Waals surface area contributed by atoms with Crippen molar-refractivity contribution in [1.29, 1.82) is 0 Å². The van der Waals surface area contributed by atoms with Crippen LogP contribution in [0, 0.1) is 6.92 Å². The highest BCUT2D eigenvalue weighted by Crippen LogP contribution is 2.26. The van der Waals surface area contributed by atoms with E-state index in [9.17, 15) is 0 Å². The van der Waals surface area contributed by atoms with E-state index in [-0.39, 0.29) is 0 Å². The zero-order valence-electron chi connectivity index (χ0n) is 18.0. The van der Waals surface area contributed by atoms with Gasteiger partial charge in [-0.3, -0.25) is 4.90 Å². The number of benzene rings is 2. The number of hydrogen-bond donors (Lipinski definition) is 1. The SMILES string of the molecule is COc1ccc(CN(CCN2CCOCC2)C(=S)Nc2cc(C)ccc2OC)cc1. The molecule has 7 heteroatoms. The van der Waals surface area contributed by atoms with Crippen molar-refractivity contribution in [3.63, 3.8) is 0 Å². The van der Waals surface area contributed by atoms with Gasteiger partial charge in [0.05, 0.1) is 33.1 Å². The van der Waals surface area contributed by atoms with Gasteiger partial charge in [-0.05, 0) is 54.5 Å². The van der Waals surface area contributed by atoms with Gasteiger partial charge in [-0.1, -0.05) is 18.2 Å². The molecule has 1 heterocycles. The van der Waals surface area contributed by atoms with Crippen LogP contribution in [0.25, 0.3) is 0 Å². The third-order valence-electron chi connectivity index (χ3n) is 5.21. The van der Waals surface area contributed by atoms with Gasteiger partial charge in [-0.15, -0.1) is 0 Å². The summed E-state index contributed by atoms with van der Waals surface area (Å²) in [4.78, 5) is 4.62. The average Bonchev–Trinajstić information content (AvgIpc) is 2.78. The topological polar surface area (TPSA) is 46.2 Å². The van der Waals surface area contributed by atoms with Crippen molar-refractivity contribution >= 4 is 23.0 Å². The van der Waals surface area contributed by atoms with Crippen LogP contribution >= 0.6 is 12.2 Å². The molecule has 1 aliphatic rings. The van der Waals surface area contributed by atoms with Gasteiger partial charge in [0, 0.05) is 32.7 Å². The van der Waals surface area contributed by atoms with Crippen molar-refractivity contribution in [2.75, 3.05) is 58.9 Å². The van der Waals surface area contributed by atoms with Crippen molar-refractivity contribution in [3.8, 4) is 11.5 Å². The summed E-state index contributed by atoms with van der Waals surface area (Å²) in [5, 5.41) is 4.08. The van der Waals surface area contributed by atoms with E-state index in [2.05, 4.69) is 40.2 Å². The lowest BCUT2D eigenvalue weighted by molar-refractivity contribution is 0.0358. The summed E-state index contributed by atoms with van der Waals surface area (Å²) in [7, 11) is 3.35. The standard InChI is InChI=1S/C23H31N3O3S/c1-18-4-9-22(28-3)21(16-18)24-23(30)26(11-10-25-12-14-29-15-13-25)17-19-5-7-20(27-2)8-6-19/h4-9,16H,10-15,17H2,1-3H3,(H,24,30). The van der Waals surface area contributed by atoms with Crippen LogP contribution in [0.1, 0.15) is 11.1 Å². The number of morpholine rings is 1. The maximum Gasteiger partial charge on any atom is 0.173 e. The van der Waals surface area contributed by atoms with E-state index in [1.165, 1.54) is 5.56 Å². The molecule has 1 saturated heterocycles. The molecule has 0 aromatic heterocycles. The molecule has 0 radical (unpaired) electrons. The normalized spacial score (nSPS) is 14.2. The molecule has 2 aromatic rings. The average molecular weight is 430 g/mol. The summed E-state index contributed by atoms with van der Waals surface area (Å²) in [5.74, 6) is 1.63. The summed E-state index contributed by atoms with van der Waals surface area (Å²) in [6.07, 6.45) is 0. The van der Waals surface area contributed by atoms with Gasteiger partial charge in [0.25, 0.3) is 0 Å². The van der Waals surface area contributed by atoms with Crippen LogP contribution in [0.3, 0.4) is 0 Å². The van der Waals surface area contributed by atoms with Crippen molar-refractivity contribution in [2.24, 2.45) is 0 Å². The Morgan fingerprint density at radius 2 is 1.83 bits per heavy atom. The fourth-order valence-electron chi connectivity index (χ4n) is 3.40. The number of nitrogens with zero attached hydrogens (tertiary/aromatic N) is 2. The van der Waals surface area contributed by atoms with Crippen LogP contribution < -0.4 is 14.8 Å². The van der Waals surface area contributed by atoms with Crippen molar-refractivity contribution < 1.29 is 14.2 Å². The summed E-state index contributed by atoms with van der Waals surface area (Å²) in [6.45, 7) is 8.04. The Labute approximate surface area is 184 Å². The Balaban J connectivity index is 1.72. The first-order valence-electron chi connectivity index (χ1n) is 10.2. The Hall–Kier alpha value is -2.35. The van der Waals surface area contributed by atoms with Gasteiger partial charge in [0.15, 0.2) is 5.11 Å². The summed E-state index contributed by atoms with van der Waals surface area (Å²) in [6, 6.07) is 14.2. The fraction of sp³-hybridized carbons (Fsp3) is 0.435. The summed E-state index contributed by atoms with van der Waals surface area (Å²) in [5.41, 5.74) is 3.21. The number of ether oxygens (including phenoxy) is 3. The Bertz CT molecular complexity index is 823. The minimum Gasteiger partial charge on any atom is -0.497 e. The van der Waals surface area contributed by atoms with Crippen LogP contribution in [0.5, 0.6) is 11.5 Å². The van der Waals surface area contributed by atoms with E-state index in [1.54, 1.807) is 14.2 Å². The molecule has 1 fully saturated rings. The lowest BCUT2D eigenvalue weighted by Crippen LogP contribution is -2.44. The first kappa shape index (κ1) is 22.3. The van der Waals surface area contributed by atoms with Gasteiger partial charge in [-0.2, -0.15) is 0 Å². The number of hydrogen-bond acceptors (Lipinski definition) is 5. The van der Waals surface area contributed by atoms with Crippen LogP contribution in [-0.4, -0.2) is 68.5 Å². The van der Waals surface area contributed by atoms with E-state index >= 15 is 0 Å². The van der Waals surface area contributed by atoms with Gasteiger partial charge >= 0.3 is 0 Å². The van der Waals surface area contributed by atoms with Crippen LogP contribution in [0.15, 0.2) is 42.5 Å². The Morgan fingerprint density at radius 1 is 1.10 bits per heavy atom. The second-order valence-corrected chi connectivity index (χ2v) is 7.74. The number of thiocarbonyl (C=S) groups is 1. The van der Waals surface area contributed by atoms with E-state index in [1.807, 2.05) is 24.3 Å². The fourth-order valence-corrected chi connectivity index (χ4v) is 3.67. The monoisotopic (exact) mass is 429 g/mol. The first-order valence-corrected chi connectivity index (χ1v) is 10.6. The molecule has 0 amide bonds. The molecule has 0 unspecified atom stereocenters. The van der Waals surface area contributed by atoms with Gasteiger partial charge in [-0.25, -0.2) is 0 Å². The molecule has 30 heavy (non-hydrogen) atoms. The predicted octanol–water partition coefficient (Wildman–Crippen LogP) is 3.54. The molecule has 0 saturated carbocycles. The molecule has 0 bridgehead atoms. The molecule has 1 N–H and O–H groups in total. The Morgan fingerprint density at radius 3 is 2.50 bits per heavy atom. The number of methoxy groups -OCH3 is 2. The molecule has 162 valence electrons. The van der Waals surface area contributed by atoms with Crippen LogP contribution in [0.2, 0.25) is 0 Å². The van der Waals surface area contributed by atoms with E-state index in [4.69, 9.17) is 26.4 Å². The third-order valence-corrected chi connectivity index (χ3v) is 5.57. The largest absolute Gasteiger partial charge is 0.497 e. The highest BCUT2D eigenvalue weighted by Gasteiger charge is 2.16. The van der Waals surface area contributed by atoms with Crippen molar-refractivity contribution in [1.82, 2.24) is 9.80 Å². The van der Waals surface area contributed by atoms with Gasteiger partial charge < -0.3 is 24.4 Å². The Kier molecular flexibility index (Phi) is 8.30. The third kappa shape index (κ3) is 6.32. The summed E-state index contributed by atoms with van der Waals surface area (Å²) >= 11 is 5.81. The van der Waals surface area contributed by atoms with Crippen LogP contribution in [-0.2, 0) is 11.3 Å². The number of aryl methyl sites for hydroxylation is 1. The lowest BCUT2D eigenvalue weighted by Gasteiger charge is -2.31. The predicted molar refractivity (Wildman–Crippen MR) is 125 cm³/mol. The quantitative estimate of drug-likeness (QED) is 0.644. The van der Waals surface area contributed by atoms with Gasteiger partial charge in [0.2, 0.25) is 0 Å². The molecule has 0 atom stereocenters. The molecule has 6 nitrogen and oxygen atoms in total. The van der Waals surface area contributed by atoms with Crippen molar-refractivity contribution in [2.45, 2.75) is 13.5 Å². The zero-order valence-corrected chi connectivity index (χ0v) is 18.8. The number of anilines is 1. The maximum atomic E-state index is 5.81. The molecule has 3 rings (SSSR count). The highest BCUT2D eigenvalue weighted by atomic mass is 32.1. The minimum absolute atomic E-state index is 0.683. The van der Waals surface area contributed by atoms with E-state index in [0.29, 0.717) is 11.7 Å². The minimum atomic E-state index is 0.683. The molecule has 0 aliphatic carbocycles. The highest BCUT2D eigenvalue weighted by molar-refractivity contribution is 7.80. The first-order chi connectivity index (χ1) is 14.6. The number of nitrogens with one attached hydrogen (secondary N) is 1. The second-order valence-electron chi connectivity index (χ2n) is 7.36. The zero-order chi connectivity index (χ0) is 21.3. The van der Waals surface area contributed by atoms with E-state index < -0.39 is 0 Å². The van der Waals surface area contributed by atoms with E-state index in [0.717, 1.165) is 62.1 Å². The smallest absolute Gasteiger partial charge is 0.173 e. The molecule has 0 spiro atoms. The maximum absolute atomic E-state index is 5.81. The summed E-state index contributed by atoms with van der Waals surface area (Å²) < 4.78 is 16.3. The van der Waals surface area contributed by atoms with Crippen molar-refractivity contribution in [3.05, 3.63) is 53.6 Å². The molecule has 2 aromatic carbocycles. The molecular formula is C23H31N3O3S. The number of rotatable bonds is 8. The second kappa shape index (κ2) is 11.2. The van der Waals surface area contributed by atoms with Gasteiger partial charge in [0.1, 0.15) is 11.5 Å². The molecule has 1 aliphatic heterocycles. The van der Waals surface area contributed by atoms with Crippen LogP contribution in [0.4, 0.5) is 5.69 Å². The molecular weight excluding hydrogens is 398 g/mol.